The summed E-state index contributed by atoms with van der Waals surface area (Å²) in [6.07, 6.45) is 2.01. The smallest absolute Gasteiger partial charge is 0.0634 e. The third-order valence-corrected chi connectivity index (χ3v) is 4.38. The van der Waals surface area contributed by atoms with Crippen molar-refractivity contribution in [1.29, 1.82) is 0 Å². The standard InChI is InChI=1S/C20H14N2/c1-2-6-14(7-3-1)22-19-9-5-4-8-15(19)16-10-11-18-17(20(16)22)12-13-21-18/h1-13,21H. The van der Waals surface area contributed by atoms with Crippen molar-refractivity contribution in [1.82, 2.24) is 9.55 Å². The minimum atomic E-state index is 1.17. The monoisotopic (exact) mass is 282 g/mol. The number of hydrogen-bond donors (Lipinski definition) is 1. The molecule has 0 atom stereocenters. The lowest BCUT2D eigenvalue weighted by Gasteiger charge is -2.08. The highest BCUT2D eigenvalue weighted by atomic mass is 15.0. The number of nitrogens with one attached hydrogen (secondary N) is 1. The number of aromatic amines is 1. The molecule has 3 aromatic carbocycles. The summed E-state index contributed by atoms with van der Waals surface area (Å²) in [6.45, 7) is 0. The van der Waals surface area contributed by atoms with Crippen LogP contribution < -0.4 is 0 Å². The van der Waals surface area contributed by atoms with E-state index in [9.17, 15) is 0 Å². The summed E-state index contributed by atoms with van der Waals surface area (Å²) in [5, 5.41) is 3.86. The van der Waals surface area contributed by atoms with Crippen LogP contribution in [-0.4, -0.2) is 9.55 Å². The molecule has 0 aliphatic rings. The summed E-state index contributed by atoms with van der Waals surface area (Å²) in [4.78, 5) is 3.32. The predicted molar refractivity (Wildman–Crippen MR) is 92.6 cm³/mol. The van der Waals surface area contributed by atoms with E-state index in [-0.39, 0.29) is 0 Å². The molecule has 0 unspecified atom stereocenters. The number of hydrogen-bond acceptors (Lipinski definition) is 0. The molecule has 104 valence electrons. The molecule has 2 aromatic heterocycles. The number of para-hydroxylation sites is 2. The topological polar surface area (TPSA) is 20.7 Å². The van der Waals surface area contributed by atoms with Crippen molar-refractivity contribution < 1.29 is 0 Å². The molecular weight excluding hydrogens is 268 g/mol. The Balaban J connectivity index is 2.10. The van der Waals surface area contributed by atoms with E-state index in [0.29, 0.717) is 0 Å². The number of H-pyrrole nitrogens is 1. The van der Waals surface area contributed by atoms with E-state index in [4.69, 9.17) is 0 Å². The van der Waals surface area contributed by atoms with Crippen LogP contribution >= 0.6 is 0 Å². The second kappa shape index (κ2) is 4.25. The highest BCUT2D eigenvalue weighted by Crippen LogP contribution is 2.35. The Bertz CT molecular complexity index is 1110. The lowest BCUT2D eigenvalue weighted by Crippen LogP contribution is -1.93. The number of fused-ring (bicyclic) bond motifs is 5. The van der Waals surface area contributed by atoms with E-state index in [2.05, 4.69) is 82.3 Å². The van der Waals surface area contributed by atoms with Crippen LogP contribution in [0.3, 0.4) is 0 Å². The van der Waals surface area contributed by atoms with Gasteiger partial charge in [0.25, 0.3) is 0 Å². The van der Waals surface area contributed by atoms with Crippen LogP contribution in [0.5, 0.6) is 0 Å². The Labute approximate surface area is 127 Å². The number of rotatable bonds is 1. The van der Waals surface area contributed by atoms with Crippen LogP contribution in [0.15, 0.2) is 79.0 Å². The molecule has 1 N–H and O–H groups in total. The van der Waals surface area contributed by atoms with Crippen molar-refractivity contribution >= 4 is 32.7 Å². The third kappa shape index (κ3) is 1.44. The average Bonchev–Trinajstić information content (AvgIpc) is 3.17. The Morgan fingerprint density at radius 2 is 1.45 bits per heavy atom. The van der Waals surface area contributed by atoms with Gasteiger partial charge in [0.1, 0.15) is 0 Å². The highest BCUT2D eigenvalue weighted by molar-refractivity contribution is 6.18. The summed E-state index contributed by atoms with van der Waals surface area (Å²) in [6, 6.07) is 25.7. The van der Waals surface area contributed by atoms with Crippen molar-refractivity contribution in [2.75, 3.05) is 0 Å². The maximum atomic E-state index is 3.32. The molecule has 5 rings (SSSR count). The van der Waals surface area contributed by atoms with Crippen molar-refractivity contribution in [3.05, 3.63) is 79.0 Å². The van der Waals surface area contributed by atoms with Crippen molar-refractivity contribution in [3.8, 4) is 5.69 Å². The van der Waals surface area contributed by atoms with Crippen LogP contribution in [0, 0.1) is 0 Å². The fourth-order valence-corrected chi connectivity index (χ4v) is 3.44. The predicted octanol–water partition coefficient (Wildman–Crippen LogP) is 5.27. The molecule has 0 aliphatic carbocycles. The zero-order valence-corrected chi connectivity index (χ0v) is 12.0. The molecule has 0 bridgehead atoms. The third-order valence-electron chi connectivity index (χ3n) is 4.38. The Morgan fingerprint density at radius 3 is 2.36 bits per heavy atom. The molecule has 2 heteroatoms. The van der Waals surface area contributed by atoms with Gasteiger partial charge < -0.3 is 9.55 Å². The van der Waals surface area contributed by atoms with Gasteiger partial charge in [-0.1, -0.05) is 42.5 Å². The first-order valence-corrected chi connectivity index (χ1v) is 7.48. The number of benzene rings is 3. The Morgan fingerprint density at radius 1 is 0.636 bits per heavy atom. The summed E-state index contributed by atoms with van der Waals surface area (Å²) >= 11 is 0. The second-order valence-corrected chi connectivity index (χ2v) is 5.59. The maximum absolute atomic E-state index is 3.32. The van der Waals surface area contributed by atoms with Crippen molar-refractivity contribution in [3.63, 3.8) is 0 Å². The molecule has 2 nitrogen and oxygen atoms in total. The van der Waals surface area contributed by atoms with Crippen LogP contribution in [-0.2, 0) is 0 Å². The first-order chi connectivity index (χ1) is 10.9. The summed E-state index contributed by atoms with van der Waals surface area (Å²) in [5.74, 6) is 0. The van der Waals surface area contributed by atoms with E-state index in [1.807, 2.05) is 6.20 Å². The normalized spacial score (nSPS) is 11.6. The van der Waals surface area contributed by atoms with Gasteiger partial charge in [0.05, 0.1) is 11.0 Å². The molecule has 0 amide bonds. The van der Waals surface area contributed by atoms with Crippen molar-refractivity contribution in [2.24, 2.45) is 0 Å². The zero-order valence-electron chi connectivity index (χ0n) is 12.0. The van der Waals surface area contributed by atoms with Gasteiger partial charge in [0, 0.05) is 33.6 Å². The Kier molecular flexibility index (Phi) is 2.25. The first-order valence-electron chi connectivity index (χ1n) is 7.48. The van der Waals surface area contributed by atoms with E-state index in [0.717, 1.165) is 0 Å². The number of nitrogens with zero attached hydrogens (tertiary/aromatic N) is 1. The number of aromatic nitrogens is 2. The molecule has 0 radical (unpaired) electrons. The second-order valence-electron chi connectivity index (χ2n) is 5.59. The molecule has 22 heavy (non-hydrogen) atoms. The van der Waals surface area contributed by atoms with Gasteiger partial charge in [0.15, 0.2) is 0 Å². The van der Waals surface area contributed by atoms with Crippen LogP contribution in [0.1, 0.15) is 0 Å². The molecule has 5 aromatic rings. The lowest BCUT2D eigenvalue weighted by molar-refractivity contribution is 1.19. The average molecular weight is 282 g/mol. The minimum Gasteiger partial charge on any atom is -0.361 e. The van der Waals surface area contributed by atoms with Gasteiger partial charge in [-0.25, -0.2) is 0 Å². The fraction of sp³-hybridized carbons (Fsp3) is 0. The van der Waals surface area contributed by atoms with Gasteiger partial charge in [-0.15, -0.1) is 0 Å². The molecule has 0 saturated carbocycles. The van der Waals surface area contributed by atoms with Gasteiger partial charge in [0.2, 0.25) is 0 Å². The lowest BCUT2D eigenvalue weighted by atomic mass is 10.1. The molecule has 2 heterocycles. The van der Waals surface area contributed by atoms with E-state index < -0.39 is 0 Å². The highest BCUT2D eigenvalue weighted by Gasteiger charge is 2.14. The molecular formula is C20H14N2. The zero-order chi connectivity index (χ0) is 14.5. The van der Waals surface area contributed by atoms with Gasteiger partial charge in [-0.05, 0) is 30.3 Å². The fourth-order valence-electron chi connectivity index (χ4n) is 3.44. The maximum Gasteiger partial charge on any atom is 0.0634 e. The van der Waals surface area contributed by atoms with Gasteiger partial charge in [-0.2, -0.15) is 0 Å². The van der Waals surface area contributed by atoms with Crippen LogP contribution in [0.4, 0.5) is 0 Å². The summed E-state index contributed by atoms with van der Waals surface area (Å²) in [5.41, 5.74) is 4.89. The molecule has 0 spiro atoms. The first kappa shape index (κ1) is 11.6. The largest absolute Gasteiger partial charge is 0.361 e. The summed E-state index contributed by atoms with van der Waals surface area (Å²) in [7, 11) is 0. The Hall–Kier alpha value is -3.00. The van der Waals surface area contributed by atoms with E-state index in [1.54, 1.807) is 0 Å². The summed E-state index contributed by atoms with van der Waals surface area (Å²) < 4.78 is 2.36. The van der Waals surface area contributed by atoms with Crippen LogP contribution in [0.2, 0.25) is 0 Å². The van der Waals surface area contributed by atoms with Crippen molar-refractivity contribution in [2.45, 2.75) is 0 Å². The van der Waals surface area contributed by atoms with Gasteiger partial charge in [-0.3, -0.25) is 0 Å². The molecule has 0 saturated heterocycles. The quantitative estimate of drug-likeness (QED) is 0.432. The van der Waals surface area contributed by atoms with E-state index >= 15 is 0 Å². The van der Waals surface area contributed by atoms with Gasteiger partial charge >= 0.3 is 0 Å². The SMILES string of the molecule is c1ccc(-n2c3ccccc3c3ccc4[nH]ccc4c32)cc1. The van der Waals surface area contributed by atoms with E-state index in [1.165, 1.54) is 38.4 Å². The minimum absolute atomic E-state index is 1.17. The van der Waals surface area contributed by atoms with Crippen LogP contribution in [0.25, 0.3) is 38.4 Å². The molecule has 0 fully saturated rings. The molecule has 0 aliphatic heterocycles.